The molecule has 0 fully saturated rings. The summed E-state index contributed by atoms with van der Waals surface area (Å²) in [5.74, 6) is -0.851. The quantitative estimate of drug-likeness (QED) is 0.610. The number of hydrogen-bond acceptors (Lipinski definition) is 5. The number of carbonyl (C=O) groups excluding carboxylic acids is 3. The molecule has 0 aliphatic rings. The average Bonchev–Trinajstić information content (AvgIpc) is 3.09. The summed E-state index contributed by atoms with van der Waals surface area (Å²) in [4.78, 5) is 36.2. The molecule has 0 aliphatic carbocycles. The fourth-order valence-corrected chi connectivity index (χ4v) is 2.68. The molecule has 1 aromatic carbocycles. The van der Waals surface area contributed by atoms with Crippen molar-refractivity contribution in [2.24, 2.45) is 0 Å². The molecule has 1 atom stereocenters. The predicted octanol–water partition coefficient (Wildman–Crippen LogP) is 3.91. The summed E-state index contributed by atoms with van der Waals surface area (Å²) in [5, 5.41) is 4.53. The standard InChI is InChI=1S/C18H19NO4S/c1-3-5-16(20)19-14-9-7-13(8-10-14)17(21)12(2)23-18(22)15-6-4-11-24-15/h4,6-12H,3,5H2,1-2H3,(H,19,20). The Morgan fingerprint density at radius 2 is 1.88 bits per heavy atom. The van der Waals surface area contributed by atoms with Crippen molar-refractivity contribution in [2.75, 3.05) is 5.32 Å². The van der Waals surface area contributed by atoms with Gasteiger partial charge in [-0.2, -0.15) is 0 Å². The summed E-state index contributed by atoms with van der Waals surface area (Å²) in [7, 11) is 0. The Morgan fingerprint density at radius 1 is 1.17 bits per heavy atom. The molecule has 5 nitrogen and oxygen atoms in total. The van der Waals surface area contributed by atoms with Crippen LogP contribution >= 0.6 is 11.3 Å². The largest absolute Gasteiger partial charge is 0.450 e. The third kappa shape index (κ3) is 4.76. The van der Waals surface area contributed by atoms with Gasteiger partial charge in [-0.25, -0.2) is 4.79 Å². The number of rotatable bonds is 7. The number of amides is 1. The van der Waals surface area contributed by atoms with E-state index in [1.165, 1.54) is 11.3 Å². The lowest BCUT2D eigenvalue weighted by molar-refractivity contribution is -0.116. The van der Waals surface area contributed by atoms with E-state index in [1.54, 1.807) is 48.7 Å². The summed E-state index contributed by atoms with van der Waals surface area (Å²) in [6.45, 7) is 3.48. The summed E-state index contributed by atoms with van der Waals surface area (Å²) < 4.78 is 5.19. The first kappa shape index (κ1) is 17.9. The van der Waals surface area contributed by atoms with Gasteiger partial charge in [0.1, 0.15) is 4.88 Å². The van der Waals surface area contributed by atoms with Crippen LogP contribution in [0.25, 0.3) is 0 Å². The summed E-state index contributed by atoms with van der Waals surface area (Å²) in [5.41, 5.74) is 1.06. The molecule has 2 aromatic rings. The number of carbonyl (C=O) groups is 3. The highest BCUT2D eigenvalue weighted by atomic mass is 32.1. The number of anilines is 1. The Kier molecular flexibility index (Phi) is 6.26. The Balaban J connectivity index is 1.96. The highest BCUT2D eigenvalue weighted by Gasteiger charge is 2.20. The molecule has 1 aromatic heterocycles. The number of Topliss-reactive ketones (excluding diaryl/α,β-unsaturated/α-hetero) is 1. The smallest absolute Gasteiger partial charge is 0.349 e. The lowest BCUT2D eigenvalue weighted by Crippen LogP contribution is -2.24. The van der Waals surface area contributed by atoms with Crippen molar-refractivity contribution in [3.05, 3.63) is 52.2 Å². The molecular formula is C18H19NO4S. The van der Waals surface area contributed by atoms with Crippen LogP contribution in [0.15, 0.2) is 41.8 Å². The van der Waals surface area contributed by atoms with Crippen LogP contribution in [0.2, 0.25) is 0 Å². The molecule has 0 bridgehead atoms. The van der Waals surface area contributed by atoms with E-state index >= 15 is 0 Å². The van der Waals surface area contributed by atoms with Crippen molar-refractivity contribution in [3.63, 3.8) is 0 Å². The minimum absolute atomic E-state index is 0.0603. The number of nitrogens with one attached hydrogen (secondary N) is 1. The van der Waals surface area contributed by atoms with Crippen molar-refractivity contribution < 1.29 is 19.1 Å². The van der Waals surface area contributed by atoms with Gasteiger partial charge in [0.25, 0.3) is 0 Å². The minimum Gasteiger partial charge on any atom is -0.450 e. The number of ketones is 1. The van der Waals surface area contributed by atoms with Gasteiger partial charge in [0, 0.05) is 17.7 Å². The molecule has 1 N–H and O–H groups in total. The zero-order valence-corrected chi connectivity index (χ0v) is 14.4. The Hall–Kier alpha value is -2.47. The third-order valence-electron chi connectivity index (χ3n) is 3.31. The van der Waals surface area contributed by atoms with Crippen molar-refractivity contribution in [1.82, 2.24) is 0 Å². The summed E-state index contributed by atoms with van der Waals surface area (Å²) >= 11 is 1.27. The molecule has 0 aliphatic heterocycles. The molecule has 6 heteroatoms. The van der Waals surface area contributed by atoms with Crippen LogP contribution < -0.4 is 5.32 Å². The highest BCUT2D eigenvalue weighted by molar-refractivity contribution is 7.11. The molecule has 24 heavy (non-hydrogen) atoms. The van der Waals surface area contributed by atoms with Gasteiger partial charge < -0.3 is 10.1 Å². The first-order valence-corrected chi connectivity index (χ1v) is 8.58. The topological polar surface area (TPSA) is 72.5 Å². The van der Waals surface area contributed by atoms with Crippen LogP contribution in [0, 0.1) is 0 Å². The Morgan fingerprint density at radius 3 is 2.46 bits per heavy atom. The molecule has 0 saturated carbocycles. The molecule has 2 rings (SSSR count). The minimum atomic E-state index is -0.875. The zero-order valence-electron chi connectivity index (χ0n) is 13.6. The van der Waals surface area contributed by atoms with Crippen molar-refractivity contribution in [2.45, 2.75) is 32.8 Å². The number of thiophene rings is 1. The predicted molar refractivity (Wildman–Crippen MR) is 93.5 cm³/mol. The van der Waals surface area contributed by atoms with Gasteiger partial charge in [0.15, 0.2) is 6.10 Å². The monoisotopic (exact) mass is 345 g/mol. The number of benzene rings is 1. The van der Waals surface area contributed by atoms with E-state index in [0.29, 0.717) is 22.5 Å². The zero-order chi connectivity index (χ0) is 17.5. The van der Waals surface area contributed by atoms with Gasteiger partial charge in [-0.15, -0.1) is 11.3 Å². The van der Waals surface area contributed by atoms with E-state index in [9.17, 15) is 14.4 Å². The summed E-state index contributed by atoms with van der Waals surface area (Å²) in [6, 6.07) is 9.94. The second-order valence-corrected chi connectivity index (χ2v) is 6.21. The van der Waals surface area contributed by atoms with E-state index in [2.05, 4.69) is 5.32 Å². The van der Waals surface area contributed by atoms with E-state index in [4.69, 9.17) is 4.74 Å². The van der Waals surface area contributed by atoms with Gasteiger partial charge in [-0.3, -0.25) is 9.59 Å². The second kappa shape index (κ2) is 8.40. The van der Waals surface area contributed by atoms with Crippen LogP contribution in [0.3, 0.4) is 0 Å². The molecule has 0 radical (unpaired) electrons. The first-order chi connectivity index (χ1) is 11.5. The van der Waals surface area contributed by atoms with Gasteiger partial charge in [-0.1, -0.05) is 13.0 Å². The van der Waals surface area contributed by atoms with E-state index in [0.717, 1.165) is 6.42 Å². The van der Waals surface area contributed by atoms with Crippen molar-refractivity contribution in [1.29, 1.82) is 0 Å². The Labute approximate surface area is 144 Å². The maximum atomic E-state index is 12.3. The van der Waals surface area contributed by atoms with E-state index in [1.807, 2.05) is 6.92 Å². The molecule has 0 saturated heterocycles. The molecular weight excluding hydrogens is 326 g/mol. The molecule has 1 unspecified atom stereocenters. The number of ether oxygens (including phenoxy) is 1. The normalized spacial score (nSPS) is 11.6. The SMILES string of the molecule is CCCC(=O)Nc1ccc(C(=O)C(C)OC(=O)c2cccs2)cc1. The maximum absolute atomic E-state index is 12.3. The molecule has 0 spiro atoms. The van der Waals surface area contributed by atoms with Gasteiger partial charge in [0.2, 0.25) is 11.7 Å². The van der Waals surface area contributed by atoms with Crippen LogP contribution in [0.5, 0.6) is 0 Å². The summed E-state index contributed by atoms with van der Waals surface area (Å²) in [6.07, 6.45) is 0.353. The van der Waals surface area contributed by atoms with E-state index < -0.39 is 12.1 Å². The fourth-order valence-electron chi connectivity index (χ4n) is 2.07. The van der Waals surface area contributed by atoms with Gasteiger partial charge in [-0.05, 0) is 49.1 Å². The molecule has 126 valence electrons. The highest BCUT2D eigenvalue weighted by Crippen LogP contribution is 2.15. The molecule has 1 amide bonds. The van der Waals surface area contributed by atoms with Crippen molar-refractivity contribution >= 4 is 34.7 Å². The first-order valence-electron chi connectivity index (χ1n) is 7.70. The van der Waals surface area contributed by atoms with Gasteiger partial charge in [0.05, 0.1) is 0 Å². The van der Waals surface area contributed by atoms with Crippen molar-refractivity contribution in [3.8, 4) is 0 Å². The van der Waals surface area contributed by atoms with Crippen LogP contribution in [-0.2, 0) is 9.53 Å². The average molecular weight is 345 g/mol. The van der Waals surface area contributed by atoms with Crippen LogP contribution in [0.1, 0.15) is 46.7 Å². The Bertz CT molecular complexity index is 707. The number of hydrogen-bond donors (Lipinski definition) is 1. The van der Waals surface area contributed by atoms with Crippen LogP contribution in [-0.4, -0.2) is 23.8 Å². The van der Waals surface area contributed by atoms with E-state index in [-0.39, 0.29) is 11.7 Å². The third-order valence-corrected chi connectivity index (χ3v) is 4.16. The van der Waals surface area contributed by atoms with Gasteiger partial charge >= 0.3 is 5.97 Å². The number of esters is 1. The lowest BCUT2D eigenvalue weighted by atomic mass is 10.1. The maximum Gasteiger partial charge on any atom is 0.349 e. The second-order valence-electron chi connectivity index (χ2n) is 5.26. The fraction of sp³-hybridized carbons (Fsp3) is 0.278. The lowest BCUT2D eigenvalue weighted by Gasteiger charge is -2.12. The van der Waals surface area contributed by atoms with Crippen LogP contribution in [0.4, 0.5) is 5.69 Å². The molecule has 1 heterocycles.